The molecule has 3 rings (SSSR count). The molecular weight excluding hydrogens is 300 g/mol. The molecule has 1 fully saturated rings. The molecule has 1 saturated heterocycles. The molecule has 0 bridgehead atoms. The molecule has 0 radical (unpaired) electrons. The van der Waals surface area contributed by atoms with Crippen molar-refractivity contribution in [1.82, 2.24) is 9.47 Å². The number of fused-ring (bicyclic) bond motifs is 1. The maximum atomic E-state index is 11.5. The van der Waals surface area contributed by atoms with Gasteiger partial charge in [-0.3, -0.25) is 0 Å². The molecule has 130 valence electrons. The number of hydrogen-bond donors (Lipinski definition) is 1. The maximum Gasteiger partial charge on any atom is 0.335 e. The molecule has 1 N–H and O–H groups in total. The summed E-state index contributed by atoms with van der Waals surface area (Å²) in [6.07, 6.45) is 4.69. The lowest BCUT2D eigenvalue weighted by Gasteiger charge is -2.14. The van der Waals surface area contributed by atoms with Crippen molar-refractivity contribution in [3.8, 4) is 0 Å². The van der Waals surface area contributed by atoms with E-state index in [2.05, 4.69) is 23.3 Å². The van der Waals surface area contributed by atoms with E-state index in [0.717, 1.165) is 36.9 Å². The first-order valence-corrected chi connectivity index (χ1v) is 9.11. The highest BCUT2D eigenvalue weighted by Crippen LogP contribution is 2.31. The molecule has 1 aromatic carbocycles. The highest BCUT2D eigenvalue weighted by Gasteiger charge is 2.19. The molecule has 0 aliphatic carbocycles. The maximum absolute atomic E-state index is 11.5. The largest absolute Gasteiger partial charge is 0.478 e. The fourth-order valence-electron chi connectivity index (χ4n) is 4.11. The molecule has 1 aliphatic heterocycles. The number of carboxylic acid groups (broad SMARTS) is 1. The highest BCUT2D eigenvalue weighted by molar-refractivity contribution is 5.97. The van der Waals surface area contributed by atoms with Gasteiger partial charge in [-0.1, -0.05) is 6.92 Å². The number of aryl methyl sites for hydroxylation is 2. The zero-order valence-corrected chi connectivity index (χ0v) is 15.1. The molecule has 2 aromatic rings. The van der Waals surface area contributed by atoms with Gasteiger partial charge in [0.25, 0.3) is 0 Å². The predicted octanol–water partition coefficient (Wildman–Crippen LogP) is 4.00. The first-order valence-electron chi connectivity index (χ1n) is 9.11. The van der Waals surface area contributed by atoms with Crippen molar-refractivity contribution in [2.75, 3.05) is 19.6 Å². The van der Waals surface area contributed by atoms with Crippen LogP contribution in [0.25, 0.3) is 10.9 Å². The summed E-state index contributed by atoms with van der Waals surface area (Å²) >= 11 is 0. The Hall–Kier alpha value is -1.81. The van der Waals surface area contributed by atoms with Crippen molar-refractivity contribution in [2.24, 2.45) is 0 Å². The van der Waals surface area contributed by atoms with Gasteiger partial charge < -0.3 is 14.6 Å². The number of aromatic nitrogens is 1. The molecule has 4 heteroatoms. The Morgan fingerprint density at radius 3 is 2.50 bits per heavy atom. The van der Waals surface area contributed by atoms with Gasteiger partial charge >= 0.3 is 5.97 Å². The molecule has 0 spiro atoms. The third-order valence-electron chi connectivity index (χ3n) is 5.31. The Kier molecular flexibility index (Phi) is 4.95. The summed E-state index contributed by atoms with van der Waals surface area (Å²) in [5.41, 5.74) is 5.31. The fraction of sp³-hybridized carbons (Fsp3) is 0.550. The minimum Gasteiger partial charge on any atom is -0.478 e. The van der Waals surface area contributed by atoms with Gasteiger partial charge in [0.15, 0.2) is 0 Å². The predicted molar refractivity (Wildman–Crippen MR) is 98.0 cm³/mol. The van der Waals surface area contributed by atoms with E-state index in [9.17, 15) is 9.90 Å². The first-order chi connectivity index (χ1) is 11.5. The van der Waals surface area contributed by atoms with Crippen molar-refractivity contribution in [3.63, 3.8) is 0 Å². The molecule has 1 aromatic heterocycles. The Labute approximate surface area is 144 Å². The molecule has 2 heterocycles. The van der Waals surface area contributed by atoms with Crippen LogP contribution < -0.4 is 0 Å². The van der Waals surface area contributed by atoms with Crippen LogP contribution >= 0.6 is 0 Å². The summed E-state index contributed by atoms with van der Waals surface area (Å²) in [5.74, 6) is -0.841. The van der Waals surface area contributed by atoms with Gasteiger partial charge in [0, 0.05) is 24.2 Å². The van der Waals surface area contributed by atoms with Crippen LogP contribution in [0.5, 0.6) is 0 Å². The first kappa shape index (κ1) is 17.0. The third-order valence-corrected chi connectivity index (χ3v) is 5.31. The summed E-state index contributed by atoms with van der Waals surface area (Å²) in [6, 6.07) is 3.68. The number of rotatable bonds is 6. The topological polar surface area (TPSA) is 45.5 Å². The van der Waals surface area contributed by atoms with Crippen LogP contribution in [-0.4, -0.2) is 40.2 Å². The SMILES string of the molecule is CCCn1c(C)c(CCN2CCCC2)c2cc(C(=O)O)cc(C)c21. The lowest BCUT2D eigenvalue weighted by molar-refractivity contribution is 0.0697. The van der Waals surface area contributed by atoms with Gasteiger partial charge in [-0.25, -0.2) is 4.79 Å². The molecule has 0 saturated carbocycles. The number of aromatic carboxylic acids is 1. The van der Waals surface area contributed by atoms with Gasteiger partial charge in [-0.05, 0) is 75.9 Å². The Morgan fingerprint density at radius 2 is 1.88 bits per heavy atom. The minimum atomic E-state index is -0.841. The van der Waals surface area contributed by atoms with E-state index < -0.39 is 5.97 Å². The highest BCUT2D eigenvalue weighted by atomic mass is 16.4. The van der Waals surface area contributed by atoms with E-state index in [-0.39, 0.29) is 0 Å². The summed E-state index contributed by atoms with van der Waals surface area (Å²) in [5, 5.41) is 10.6. The Morgan fingerprint density at radius 1 is 1.17 bits per heavy atom. The molecule has 0 atom stereocenters. The number of benzene rings is 1. The van der Waals surface area contributed by atoms with Crippen molar-refractivity contribution < 1.29 is 9.90 Å². The van der Waals surface area contributed by atoms with Gasteiger partial charge in [0.1, 0.15) is 0 Å². The zero-order chi connectivity index (χ0) is 17.3. The molecular formula is C20H28N2O2. The number of hydrogen-bond acceptors (Lipinski definition) is 2. The lowest BCUT2D eigenvalue weighted by Crippen LogP contribution is -2.22. The smallest absolute Gasteiger partial charge is 0.335 e. The van der Waals surface area contributed by atoms with Crippen molar-refractivity contribution in [1.29, 1.82) is 0 Å². The quantitative estimate of drug-likeness (QED) is 0.871. The molecule has 24 heavy (non-hydrogen) atoms. The molecule has 0 amide bonds. The minimum absolute atomic E-state index is 0.399. The van der Waals surface area contributed by atoms with Crippen LogP contribution in [0.1, 0.15) is 53.4 Å². The second-order valence-corrected chi connectivity index (χ2v) is 7.01. The monoisotopic (exact) mass is 328 g/mol. The average Bonchev–Trinajstić information content (AvgIpc) is 3.14. The fourth-order valence-corrected chi connectivity index (χ4v) is 4.11. The third kappa shape index (κ3) is 3.07. The molecule has 4 nitrogen and oxygen atoms in total. The summed E-state index contributed by atoms with van der Waals surface area (Å²) in [6.45, 7) is 10.9. The van der Waals surface area contributed by atoms with Crippen molar-refractivity contribution in [3.05, 3.63) is 34.5 Å². The number of nitrogens with zero attached hydrogens (tertiary/aromatic N) is 2. The van der Waals surface area contributed by atoms with E-state index in [1.54, 1.807) is 6.07 Å². The average molecular weight is 328 g/mol. The summed E-state index contributed by atoms with van der Waals surface area (Å²) in [7, 11) is 0. The second-order valence-electron chi connectivity index (χ2n) is 7.01. The van der Waals surface area contributed by atoms with Crippen LogP contribution in [0.3, 0.4) is 0 Å². The molecule has 0 unspecified atom stereocenters. The van der Waals surface area contributed by atoms with E-state index in [4.69, 9.17) is 0 Å². The van der Waals surface area contributed by atoms with Gasteiger partial charge in [0.2, 0.25) is 0 Å². The second kappa shape index (κ2) is 6.98. The summed E-state index contributed by atoms with van der Waals surface area (Å²) < 4.78 is 2.38. The van der Waals surface area contributed by atoms with Crippen molar-refractivity contribution in [2.45, 2.75) is 53.0 Å². The van der Waals surface area contributed by atoms with Gasteiger partial charge in [-0.2, -0.15) is 0 Å². The van der Waals surface area contributed by atoms with E-state index in [1.165, 1.54) is 42.7 Å². The normalized spacial score (nSPS) is 15.5. The standard InChI is InChI=1S/C20H28N2O2/c1-4-8-22-15(3)17(7-11-21-9-5-6-10-21)18-13-16(20(23)24)12-14(2)19(18)22/h12-13H,4-11H2,1-3H3,(H,23,24). The number of likely N-dealkylation sites (tertiary alicyclic amines) is 1. The van der Waals surface area contributed by atoms with Crippen LogP contribution in [0.2, 0.25) is 0 Å². The molecule has 1 aliphatic rings. The van der Waals surface area contributed by atoms with Gasteiger partial charge in [0.05, 0.1) is 11.1 Å². The van der Waals surface area contributed by atoms with Gasteiger partial charge in [-0.15, -0.1) is 0 Å². The zero-order valence-electron chi connectivity index (χ0n) is 15.1. The lowest BCUT2D eigenvalue weighted by atomic mass is 10.0. The van der Waals surface area contributed by atoms with Crippen LogP contribution in [0.4, 0.5) is 0 Å². The van der Waals surface area contributed by atoms with Crippen LogP contribution in [-0.2, 0) is 13.0 Å². The van der Waals surface area contributed by atoms with Crippen LogP contribution in [0.15, 0.2) is 12.1 Å². The Bertz CT molecular complexity index is 755. The number of carboxylic acids is 1. The summed E-state index contributed by atoms with van der Waals surface area (Å²) in [4.78, 5) is 14.0. The van der Waals surface area contributed by atoms with E-state index >= 15 is 0 Å². The van der Waals surface area contributed by atoms with E-state index in [1.807, 2.05) is 13.0 Å². The van der Waals surface area contributed by atoms with Crippen molar-refractivity contribution >= 4 is 16.9 Å². The van der Waals surface area contributed by atoms with Crippen LogP contribution in [0, 0.1) is 13.8 Å². The Balaban J connectivity index is 2.07. The van der Waals surface area contributed by atoms with E-state index in [0.29, 0.717) is 5.56 Å². The number of carbonyl (C=O) groups is 1.